The van der Waals surface area contributed by atoms with Gasteiger partial charge in [0.1, 0.15) is 0 Å². The summed E-state index contributed by atoms with van der Waals surface area (Å²) in [6.07, 6.45) is 2.75. The van der Waals surface area contributed by atoms with Gasteiger partial charge in [-0.05, 0) is 97.9 Å². The van der Waals surface area contributed by atoms with Crippen molar-refractivity contribution in [1.29, 1.82) is 0 Å². The number of β-amino-alcohol motifs (C(OH)–C–C–N with tert-alkyl or cyclic N) is 1. The van der Waals surface area contributed by atoms with Gasteiger partial charge < -0.3 is 15.5 Å². The van der Waals surface area contributed by atoms with E-state index in [9.17, 15) is 18.3 Å². The fourth-order valence-electron chi connectivity index (χ4n) is 5.86. The summed E-state index contributed by atoms with van der Waals surface area (Å²) in [6.45, 7) is 6.46. The highest BCUT2D eigenvalue weighted by atomic mass is 32.2. The van der Waals surface area contributed by atoms with Gasteiger partial charge in [0.2, 0.25) is 10.0 Å². The van der Waals surface area contributed by atoms with Crippen LogP contribution in [-0.4, -0.2) is 60.7 Å². The number of carbonyl (C=O) groups is 1. The minimum atomic E-state index is -3.82. The molecule has 0 amide bonds. The molecule has 0 saturated heterocycles. The van der Waals surface area contributed by atoms with Crippen LogP contribution in [0.25, 0.3) is 11.1 Å². The number of aliphatic hydroxyl groups excluding tert-OH is 1. The Morgan fingerprint density at radius 3 is 2.32 bits per heavy atom. The van der Waals surface area contributed by atoms with Crippen molar-refractivity contribution in [2.24, 2.45) is 5.92 Å². The van der Waals surface area contributed by atoms with E-state index in [2.05, 4.69) is 43.4 Å². The Bertz CT molecular complexity index is 1460. The van der Waals surface area contributed by atoms with Crippen LogP contribution in [0.15, 0.2) is 71.6 Å². The second-order valence-corrected chi connectivity index (χ2v) is 14.1. The summed E-state index contributed by atoms with van der Waals surface area (Å²) in [5.41, 5.74) is 6.19. The number of aliphatic hydroxyl groups is 1. The first-order valence-electron chi connectivity index (χ1n) is 14.2. The number of carboxylic acids is 1. The first-order valence-corrected chi connectivity index (χ1v) is 15.7. The minimum absolute atomic E-state index is 0.0259. The zero-order valence-corrected chi connectivity index (χ0v) is 25.2. The Kier molecular flexibility index (Phi) is 9.70. The number of nitrogens with one attached hydrogen (secondary N) is 1. The van der Waals surface area contributed by atoms with Crippen molar-refractivity contribution in [3.63, 3.8) is 0 Å². The van der Waals surface area contributed by atoms with Crippen molar-refractivity contribution in [3.05, 3.63) is 89.0 Å². The van der Waals surface area contributed by atoms with E-state index in [4.69, 9.17) is 5.11 Å². The normalized spacial score (nSPS) is 14.8. The van der Waals surface area contributed by atoms with Crippen LogP contribution in [0.2, 0.25) is 0 Å². The third-order valence-electron chi connectivity index (χ3n) is 8.04. The number of carboxylic acid groups (broad SMARTS) is 1. The fourth-order valence-corrected chi connectivity index (χ4v) is 7.11. The monoisotopic (exact) mass is 578 g/mol. The SMILES string of the molecule is Cc1cc(-c2cccc(S(=O)(=O)N(C)C[C@H](O)CNC(C)(C)CC3Cc4ccccc4C3)c2)ccc1CCC(=O)O. The van der Waals surface area contributed by atoms with Crippen molar-refractivity contribution in [2.45, 2.75) is 69.4 Å². The highest BCUT2D eigenvalue weighted by Gasteiger charge is 2.29. The molecule has 0 saturated carbocycles. The highest BCUT2D eigenvalue weighted by molar-refractivity contribution is 7.89. The summed E-state index contributed by atoms with van der Waals surface area (Å²) in [5.74, 6) is -0.289. The number of benzene rings is 3. The molecule has 0 unspecified atom stereocenters. The van der Waals surface area contributed by atoms with Gasteiger partial charge in [0, 0.05) is 32.1 Å². The maximum atomic E-state index is 13.4. The molecule has 1 aliphatic carbocycles. The fraction of sp³-hybridized carbons (Fsp3) is 0.424. The molecule has 41 heavy (non-hydrogen) atoms. The number of fused-ring (bicyclic) bond motifs is 1. The van der Waals surface area contributed by atoms with Gasteiger partial charge in [0.25, 0.3) is 0 Å². The maximum Gasteiger partial charge on any atom is 0.303 e. The first-order chi connectivity index (χ1) is 19.3. The van der Waals surface area contributed by atoms with E-state index in [-0.39, 0.29) is 23.4 Å². The molecule has 3 aromatic carbocycles. The van der Waals surface area contributed by atoms with Gasteiger partial charge in [0.15, 0.2) is 0 Å². The van der Waals surface area contributed by atoms with Crippen molar-refractivity contribution < 1.29 is 23.4 Å². The van der Waals surface area contributed by atoms with Gasteiger partial charge >= 0.3 is 5.97 Å². The first kappa shape index (κ1) is 30.9. The number of aliphatic carboxylic acids is 1. The summed E-state index contributed by atoms with van der Waals surface area (Å²) in [5, 5.41) is 23.2. The quantitative estimate of drug-likeness (QED) is 0.268. The van der Waals surface area contributed by atoms with Crippen molar-refractivity contribution in [3.8, 4) is 11.1 Å². The molecule has 4 rings (SSSR count). The molecule has 0 heterocycles. The number of nitrogens with zero attached hydrogens (tertiary/aromatic N) is 1. The molecule has 0 bridgehead atoms. The van der Waals surface area contributed by atoms with Crippen LogP contribution in [0.3, 0.4) is 0 Å². The molecule has 0 fully saturated rings. The zero-order valence-electron chi connectivity index (χ0n) is 24.4. The van der Waals surface area contributed by atoms with Crippen LogP contribution in [0.4, 0.5) is 0 Å². The predicted octanol–water partition coefficient (Wildman–Crippen LogP) is 4.83. The van der Waals surface area contributed by atoms with Crippen molar-refractivity contribution in [1.82, 2.24) is 9.62 Å². The van der Waals surface area contributed by atoms with Crippen LogP contribution in [0.5, 0.6) is 0 Å². The molecular formula is C33H42N2O5S. The number of hydrogen-bond donors (Lipinski definition) is 3. The largest absolute Gasteiger partial charge is 0.481 e. The number of sulfonamides is 1. The van der Waals surface area contributed by atoms with Crippen LogP contribution < -0.4 is 5.32 Å². The van der Waals surface area contributed by atoms with Crippen LogP contribution >= 0.6 is 0 Å². The summed E-state index contributed by atoms with van der Waals surface area (Å²) in [7, 11) is -2.33. The Morgan fingerprint density at radius 1 is 1.02 bits per heavy atom. The molecule has 8 heteroatoms. The summed E-state index contributed by atoms with van der Waals surface area (Å²) in [6, 6.07) is 21.1. The molecule has 220 valence electrons. The Hall–Kier alpha value is -3.04. The smallest absolute Gasteiger partial charge is 0.303 e. The molecule has 3 aromatic rings. The molecule has 0 spiro atoms. The van der Waals surface area contributed by atoms with E-state index in [1.54, 1.807) is 18.2 Å². The molecule has 0 radical (unpaired) electrons. The number of aryl methyl sites for hydroxylation is 2. The molecule has 0 aliphatic heterocycles. The molecule has 7 nitrogen and oxygen atoms in total. The Balaban J connectivity index is 1.34. The maximum absolute atomic E-state index is 13.4. The molecular weight excluding hydrogens is 536 g/mol. The zero-order chi connectivity index (χ0) is 29.8. The van der Waals surface area contributed by atoms with Crippen molar-refractivity contribution in [2.75, 3.05) is 20.1 Å². The van der Waals surface area contributed by atoms with Gasteiger partial charge in [-0.2, -0.15) is 4.31 Å². The van der Waals surface area contributed by atoms with E-state index in [0.29, 0.717) is 18.9 Å². The lowest BCUT2D eigenvalue weighted by Gasteiger charge is -2.31. The van der Waals surface area contributed by atoms with Gasteiger partial charge in [-0.1, -0.05) is 54.6 Å². The van der Waals surface area contributed by atoms with E-state index in [1.807, 2.05) is 31.2 Å². The number of rotatable bonds is 13. The van der Waals surface area contributed by atoms with Gasteiger partial charge in [0.05, 0.1) is 11.0 Å². The second-order valence-electron chi connectivity index (χ2n) is 12.0. The van der Waals surface area contributed by atoms with Crippen molar-refractivity contribution >= 4 is 16.0 Å². The molecule has 1 atom stereocenters. The van der Waals surface area contributed by atoms with Gasteiger partial charge in [-0.3, -0.25) is 4.79 Å². The van der Waals surface area contributed by atoms with Gasteiger partial charge in [-0.15, -0.1) is 0 Å². The summed E-state index contributed by atoms with van der Waals surface area (Å²) < 4.78 is 28.0. The lowest BCUT2D eigenvalue weighted by atomic mass is 9.88. The average Bonchev–Trinajstić information content (AvgIpc) is 3.32. The lowest BCUT2D eigenvalue weighted by Crippen LogP contribution is -2.47. The standard InChI is InChI=1S/C33H42N2O5S/c1-23-16-29(13-12-25(23)14-15-32(37)38)28-10-7-11-31(19-28)41(39,40)35(4)22-30(36)21-34-33(2,3)20-24-17-26-8-5-6-9-27(26)18-24/h5-13,16,19,24,30,34,36H,14-15,17-18,20-22H2,1-4H3,(H,37,38)/t30-/m1/s1. The third kappa shape index (κ3) is 8.04. The van der Waals surface area contributed by atoms with E-state index >= 15 is 0 Å². The third-order valence-corrected chi connectivity index (χ3v) is 9.86. The van der Waals surface area contributed by atoms with E-state index in [0.717, 1.165) is 41.5 Å². The molecule has 3 N–H and O–H groups in total. The van der Waals surface area contributed by atoms with Crippen LogP contribution in [0.1, 0.15) is 48.9 Å². The summed E-state index contributed by atoms with van der Waals surface area (Å²) >= 11 is 0. The van der Waals surface area contributed by atoms with E-state index < -0.39 is 22.1 Å². The minimum Gasteiger partial charge on any atom is -0.481 e. The second kappa shape index (κ2) is 12.9. The Morgan fingerprint density at radius 2 is 1.68 bits per heavy atom. The van der Waals surface area contributed by atoms with E-state index in [1.165, 1.54) is 22.5 Å². The summed E-state index contributed by atoms with van der Waals surface area (Å²) in [4.78, 5) is 11.1. The van der Waals surface area contributed by atoms with Gasteiger partial charge in [-0.25, -0.2) is 8.42 Å². The lowest BCUT2D eigenvalue weighted by molar-refractivity contribution is -0.136. The molecule has 0 aromatic heterocycles. The van der Waals surface area contributed by atoms with Crippen LogP contribution in [-0.2, 0) is 34.1 Å². The number of hydrogen-bond acceptors (Lipinski definition) is 5. The van der Waals surface area contributed by atoms with Crippen LogP contribution in [0, 0.1) is 12.8 Å². The predicted molar refractivity (Wildman–Crippen MR) is 162 cm³/mol. The number of likely N-dealkylation sites (N-methyl/N-ethyl adjacent to an activating group) is 1. The topological polar surface area (TPSA) is 107 Å². The highest BCUT2D eigenvalue weighted by Crippen LogP contribution is 2.32. The molecule has 1 aliphatic rings. The average molecular weight is 579 g/mol. The Labute approximate surface area is 244 Å².